The molecule has 1 N–H and O–H groups in total. The van der Waals surface area contributed by atoms with E-state index in [9.17, 15) is 4.79 Å². The summed E-state index contributed by atoms with van der Waals surface area (Å²) >= 11 is 5.60. The second-order valence-electron chi connectivity index (χ2n) is 7.40. The van der Waals surface area contributed by atoms with Crippen LogP contribution in [0.5, 0.6) is 11.5 Å². The van der Waals surface area contributed by atoms with Crippen LogP contribution < -0.4 is 14.8 Å². The van der Waals surface area contributed by atoms with E-state index in [4.69, 9.17) is 21.7 Å². The number of hydrogen-bond donors (Lipinski definition) is 1. The van der Waals surface area contributed by atoms with E-state index in [2.05, 4.69) is 5.32 Å². The van der Waals surface area contributed by atoms with E-state index in [1.165, 1.54) is 0 Å². The molecule has 2 aromatic carbocycles. The zero-order valence-corrected chi connectivity index (χ0v) is 18.9. The lowest BCUT2D eigenvalue weighted by Crippen LogP contribution is -2.47. The highest BCUT2D eigenvalue weighted by Crippen LogP contribution is 2.37. The summed E-state index contributed by atoms with van der Waals surface area (Å²) in [7, 11) is 1.61. The zero-order valence-electron chi connectivity index (χ0n) is 18.1. The molecule has 1 atom stereocenters. The Morgan fingerprint density at radius 1 is 1.17 bits per heavy atom. The Morgan fingerprint density at radius 3 is 2.47 bits per heavy atom. The van der Waals surface area contributed by atoms with Crippen molar-refractivity contribution in [3.05, 3.63) is 70.9 Å². The van der Waals surface area contributed by atoms with Crippen LogP contribution in [0.15, 0.2) is 59.8 Å². The third kappa shape index (κ3) is 4.33. The molecule has 30 heavy (non-hydrogen) atoms. The lowest BCUT2D eigenvalue weighted by atomic mass is 9.89. The molecule has 3 rings (SSSR count). The second-order valence-corrected chi connectivity index (χ2v) is 7.78. The first-order valence-corrected chi connectivity index (χ1v) is 10.5. The number of carbonyl (C=O) groups is 1. The minimum Gasteiger partial charge on any atom is -0.493 e. The molecular formula is C24H28N2O3S. The highest BCUT2D eigenvalue weighted by Gasteiger charge is 2.34. The maximum Gasteiger partial charge on any atom is 0.193 e. The predicted molar refractivity (Wildman–Crippen MR) is 123 cm³/mol. The smallest absolute Gasteiger partial charge is 0.193 e. The van der Waals surface area contributed by atoms with Crippen LogP contribution in [0.1, 0.15) is 49.7 Å². The van der Waals surface area contributed by atoms with Crippen molar-refractivity contribution in [1.29, 1.82) is 0 Å². The number of rotatable bonds is 7. The average molecular weight is 425 g/mol. The second kappa shape index (κ2) is 9.30. The van der Waals surface area contributed by atoms with Gasteiger partial charge in [0.1, 0.15) is 0 Å². The molecule has 1 aliphatic rings. The molecular weight excluding hydrogens is 396 g/mol. The van der Waals surface area contributed by atoms with E-state index >= 15 is 0 Å². The van der Waals surface area contributed by atoms with Crippen LogP contribution in [-0.2, 0) is 0 Å². The standard InChI is InChI=1S/C24H28N2O3S/c1-6-26-16(4)21(23(27)17-10-8-7-9-11-17)22(25-24(26)30)18-12-13-19(28-5)20(14-18)29-15(2)3/h7-15,22H,6H2,1-5H3,(H,25,30). The summed E-state index contributed by atoms with van der Waals surface area (Å²) in [6, 6.07) is 14.7. The van der Waals surface area contributed by atoms with Crippen molar-refractivity contribution in [3.8, 4) is 11.5 Å². The van der Waals surface area contributed by atoms with Crippen LogP contribution in [0.4, 0.5) is 0 Å². The van der Waals surface area contributed by atoms with Crippen LogP contribution in [0.3, 0.4) is 0 Å². The number of thiocarbonyl (C=S) groups is 1. The maximum absolute atomic E-state index is 13.5. The number of ether oxygens (including phenoxy) is 2. The van der Waals surface area contributed by atoms with Crippen LogP contribution >= 0.6 is 12.2 Å². The topological polar surface area (TPSA) is 50.8 Å². The third-order valence-electron chi connectivity index (χ3n) is 5.08. The summed E-state index contributed by atoms with van der Waals surface area (Å²) < 4.78 is 11.4. The molecule has 1 unspecified atom stereocenters. The zero-order chi connectivity index (χ0) is 21.8. The highest BCUT2D eigenvalue weighted by molar-refractivity contribution is 7.80. The lowest BCUT2D eigenvalue weighted by molar-refractivity contribution is 0.102. The Hall–Kier alpha value is -2.86. The van der Waals surface area contributed by atoms with E-state index < -0.39 is 0 Å². The van der Waals surface area contributed by atoms with Crippen molar-refractivity contribution in [2.75, 3.05) is 13.7 Å². The number of methoxy groups -OCH3 is 1. The molecule has 0 fully saturated rings. The van der Waals surface area contributed by atoms with E-state index in [0.717, 1.165) is 11.3 Å². The van der Waals surface area contributed by atoms with Gasteiger partial charge < -0.3 is 19.7 Å². The average Bonchev–Trinajstić information content (AvgIpc) is 2.73. The molecule has 0 saturated carbocycles. The van der Waals surface area contributed by atoms with Crippen molar-refractivity contribution in [2.24, 2.45) is 0 Å². The van der Waals surface area contributed by atoms with Gasteiger partial charge in [-0.15, -0.1) is 0 Å². The summed E-state index contributed by atoms with van der Waals surface area (Å²) in [5.74, 6) is 1.27. The van der Waals surface area contributed by atoms with Gasteiger partial charge in [0.15, 0.2) is 22.4 Å². The molecule has 5 nitrogen and oxygen atoms in total. The van der Waals surface area contributed by atoms with Crippen LogP contribution in [-0.4, -0.2) is 35.6 Å². The van der Waals surface area contributed by atoms with Gasteiger partial charge >= 0.3 is 0 Å². The number of ketones is 1. The Bertz CT molecular complexity index is 970. The Balaban J connectivity index is 2.13. The normalized spacial score (nSPS) is 16.5. The molecule has 6 heteroatoms. The quantitative estimate of drug-likeness (QED) is 0.504. The molecule has 0 spiro atoms. The molecule has 0 amide bonds. The van der Waals surface area contributed by atoms with E-state index in [-0.39, 0.29) is 17.9 Å². The van der Waals surface area contributed by atoms with Crippen molar-refractivity contribution in [2.45, 2.75) is 39.8 Å². The Morgan fingerprint density at radius 2 is 1.87 bits per heavy atom. The fourth-order valence-corrected chi connectivity index (χ4v) is 4.05. The molecule has 0 saturated heterocycles. The van der Waals surface area contributed by atoms with Gasteiger partial charge in [0, 0.05) is 23.4 Å². The summed E-state index contributed by atoms with van der Waals surface area (Å²) in [5.41, 5.74) is 3.08. The molecule has 1 aliphatic heterocycles. The van der Waals surface area contributed by atoms with Gasteiger partial charge in [-0.25, -0.2) is 0 Å². The van der Waals surface area contributed by atoms with Crippen molar-refractivity contribution in [3.63, 3.8) is 0 Å². The van der Waals surface area contributed by atoms with Gasteiger partial charge in [-0.05, 0) is 57.6 Å². The van der Waals surface area contributed by atoms with E-state index in [1.54, 1.807) is 7.11 Å². The van der Waals surface area contributed by atoms with Gasteiger partial charge in [0.05, 0.1) is 19.3 Å². The van der Waals surface area contributed by atoms with Crippen molar-refractivity contribution < 1.29 is 14.3 Å². The summed E-state index contributed by atoms with van der Waals surface area (Å²) in [4.78, 5) is 15.5. The largest absolute Gasteiger partial charge is 0.493 e. The summed E-state index contributed by atoms with van der Waals surface area (Å²) in [5, 5.41) is 3.97. The fourth-order valence-electron chi connectivity index (χ4n) is 3.67. The first-order valence-electron chi connectivity index (χ1n) is 10.1. The van der Waals surface area contributed by atoms with Crippen molar-refractivity contribution >= 4 is 23.1 Å². The molecule has 0 aromatic heterocycles. The summed E-state index contributed by atoms with van der Waals surface area (Å²) in [6.07, 6.45) is -0.00664. The summed E-state index contributed by atoms with van der Waals surface area (Å²) in [6.45, 7) is 8.58. The van der Waals surface area contributed by atoms with Gasteiger partial charge in [0.2, 0.25) is 0 Å². The molecule has 1 heterocycles. The minimum absolute atomic E-state index is 0.00664. The molecule has 0 radical (unpaired) electrons. The lowest BCUT2D eigenvalue weighted by Gasteiger charge is -2.37. The monoisotopic (exact) mass is 424 g/mol. The number of Topliss-reactive ketones (excluding diaryl/α,β-unsaturated/α-hetero) is 1. The van der Waals surface area contributed by atoms with Gasteiger partial charge in [0.25, 0.3) is 0 Å². The third-order valence-corrected chi connectivity index (χ3v) is 5.42. The SMILES string of the molecule is CCN1C(=S)NC(c2ccc(OC)c(OC(C)C)c2)C(C(=O)c2ccccc2)=C1C. The van der Waals surface area contributed by atoms with Crippen LogP contribution in [0.2, 0.25) is 0 Å². The highest BCUT2D eigenvalue weighted by atomic mass is 32.1. The maximum atomic E-state index is 13.5. The first kappa shape index (κ1) is 21.8. The number of benzene rings is 2. The number of nitrogens with one attached hydrogen (secondary N) is 1. The van der Waals surface area contributed by atoms with E-state index in [1.807, 2.05) is 81.1 Å². The fraction of sp³-hybridized carbons (Fsp3) is 0.333. The number of nitrogens with zero attached hydrogens (tertiary/aromatic N) is 1. The Kier molecular flexibility index (Phi) is 6.77. The van der Waals surface area contributed by atoms with Gasteiger partial charge in [-0.3, -0.25) is 4.79 Å². The molecule has 2 aromatic rings. The van der Waals surface area contributed by atoms with Crippen LogP contribution in [0, 0.1) is 0 Å². The van der Waals surface area contributed by atoms with Crippen LogP contribution in [0.25, 0.3) is 0 Å². The van der Waals surface area contributed by atoms with Gasteiger partial charge in [-0.2, -0.15) is 0 Å². The first-order chi connectivity index (χ1) is 14.4. The minimum atomic E-state index is -0.381. The predicted octanol–water partition coefficient (Wildman–Crippen LogP) is 4.89. The van der Waals surface area contributed by atoms with Crippen molar-refractivity contribution in [1.82, 2.24) is 10.2 Å². The number of allylic oxidation sites excluding steroid dienone is 1. The van der Waals surface area contributed by atoms with Gasteiger partial charge in [-0.1, -0.05) is 36.4 Å². The van der Waals surface area contributed by atoms with E-state index in [0.29, 0.717) is 34.3 Å². The number of hydrogen-bond acceptors (Lipinski definition) is 4. The Labute approximate surface area is 183 Å². The number of carbonyl (C=O) groups excluding carboxylic acids is 1. The molecule has 0 aliphatic carbocycles. The molecule has 0 bridgehead atoms. The molecule has 158 valence electrons.